The molecular formula is C20H21N5O2. The molecule has 3 aromatic heterocycles. The summed E-state index contributed by atoms with van der Waals surface area (Å²) >= 11 is 0. The Bertz CT molecular complexity index is 859. The van der Waals surface area contributed by atoms with Crippen LogP contribution in [0.1, 0.15) is 28.9 Å². The molecule has 0 aliphatic carbocycles. The fourth-order valence-electron chi connectivity index (χ4n) is 3.18. The SMILES string of the molecule is O=C(c1ccc(-n2cccn2)nc1)N(Cc1ccccn1)C[C@@H]1CCCO1. The minimum atomic E-state index is -0.0735. The molecule has 7 heteroatoms. The van der Waals surface area contributed by atoms with Crippen LogP contribution in [0.5, 0.6) is 0 Å². The molecule has 1 fully saturated rings. The molecule has 4 heterocycles. The van der Waals surface area contributed by atoms with Gasteiger partial charge in [-0.1, -0.05) is 6.07 Å². The maximum absolute atomic E-state index is 13.1. The van der Waals surface area contributed by atoms with Crippen molar-refractivity contribution in [1.82, 2.24) is 24.6 Å². The van der Waals surface area contributed by atoms with Crippen molar-refractivity contribution in [1.29, 1.82) is 0 Å². The first kappa shape index (κ1) is 17.4. The Kier molecular flexibility index (Phi) is 5.20. The third-order valence-electron chi connectivity index (χ3n) is 4.55. The predicted octanol–water partition coefficient (Wildman–Crippen LogP) is 2.48. The molecule has 1 aliphatic heterocycles. The number of amides is 1. The Balaban J connectivity index is 1.53. The maximum atomic E-state index is 13.1. The molecule has 1 aliphatic rings. The van der Waals surface area contributed by atoms with E-state index < -0.39 is 0 Å². The van der Waals surface area contributed by atoms with E-state index in [2.05, 4.69) is 15.1 Å². The van der Waals surface area contributed by atoms with Crippen molar-refractivity contribution < 1.29 is 9.53 Å². The van der Waals surface area contributed by atoms with E-state index in [4.69, 9.17) is 4.74 Å². The van der Waals surface area contributed by atoms with E-state index in [1.54, 1.807) is 40.3 Å². The van der Waals surface area contributed by atoms with Gasteiger partial charge >= 0.3 is 0 Å². The number of nitrogens with zero attached hydrogens (tertiary/aromatic N) is 5. The van der Waals surface area contributed by atoms with E-state index in [0.717, 1.165) is 25.1 Å². The van der Waals surface area contributed by atoms with Crippen LogP contribution in [-0.4, -0.2) is 49.8 Å². The van der Waals surface area contributed by atoms with E-state index >= 15 is 0 Å². The minimum Gasteiger partial charge on any atom is -0.376 e. The van der Waals surface area contributed by atoms with Crippen LogP contribution >= 0.6 is 0 Å². The van der Waals surface area contributed by atoms with Gasteiger partial charge in [-0.3, -0.25) is 9.78 Å². The quantitative estimate of drug-likeness (QED) is 0.673. The topological polar surface area (TPSA) is 73.1 Å². The van der Waals surface area contributed by atoms with E-state index in [-0.39, 0.29) is 12.0 Å². The lowest BCUT2D eigenvalue weighted by atomic mass is 10.2. The number of pyridine rings is 2. The molecule has 27 heavy (non-hydrogen) atoms. The van der Waals surface area contributed by atoms with Crippen molar-refractivity contribution in [2.24, 2.45) is 0 Å². The molecule has 1 saturated heterocycles. The minimum absolute atomic E-state index is 0.0735. The first-order chi connectivity index (χ1) is 13.3. The first-order valence-corrected chi connectivity index (χ1v) is 9.06. The summed E-state index contributed by atoms with van der Waals surface area (Å²) in [4.78, 5) is 23.6. The lowest BCUT2D eigenvalue weighted by molar-refractivity contribution is 0.0504. The molecule has 0 unspecified atom stereocenters. The lowest BCUT2D eigenvalue weighted by Gasteiger charge is -2.25. The van der Waals surface area contributed by atoms with Gasteiger partial charge in [0.05, 0.1) is 23.9 Å². The predicted molar refractivity (Wildman–Crippen MR) is 99.3 cm³/mol. The van der Waals surface area contributed by atoms with E-state index in [1.807, 2.05) is 30.5 Å². The Morgan fingerprint density at radius 1 is 1.19 bits per heavy atom. The van der Waals surface area contributed by atoms with Gasteiger partial charge in [-0.25, -0.2) is 9.67 Å². The van der Waals surface area contributed by atoms with Gasteiger partial charge in [0.2, 0.25) is 0 Å². The molecule has 0 spiro atoms. The molecule has 0 saturated carbocycles. The van der Waals surface area contributed by atoms with Crippen LogP contribution in [0.2, 0.25) is 0 Å². The Morgan fingerprint density at radius 2 is 2.15 bits per heavy atom. The van der Waals surface area contributed by atoms with Gasteiger partial charge in [0.25, 0.3) is 5.91 Å². The van der Waals surface area contributed by atoms with Gasteiger partial charge in [0, 0.05) is 37.9 Å². The second-order valence-electron chi connectivity index (χ2n) is 6.50. The van der Waals surface area contributed by atoms with Gasteiger partial charge < -0.3 is 9.64 Å². The van der Waals surface area contributed by atoms with Gasteiger partial charge in [-0.05, 0) is 43.2 Å². The molecule has 0 aromatic carbocycles. The third kappa shape index (κ3) is 4.20. The second kappa shape index (κ2) is 8.09. The van der Waals surface area contributed by atoms with Crippen molar-refractivity contribution >= 4 is 5.91 Å². The fourth-order valence-corrected chi connectivity index (χ4v) is 3.18. The van der Waals surface area contributed by atoms with Crippen LogP contribution in [0.15, 0.2) is 61.2 Å². The average Bonchev–Trinajstić information content (AvgIpc) is 3.42. The summed E-state index contributed by atoms with van der Waals surface area (Å²) < 4.78 is 7.39. The highest BCUT2D eigenvalue weighted by atomic mass is 16.5. The van der Waals surface area contributed by atoms with Crippen LogP contribution in [0.25, 0.3) is 5.82 Å². The Hall–Kier alpha value is -3.06. The molecule has 1 atom stereocenters. The second-order valence-corrected chi connectivity index (χ2v) is 6.50. The maximum Gasteiger partial charge on any atom is 0.255 e. The largest absolute Gasteiger partial charge is 0.376 e. The molecule has 1 amide bonds. The van der Waals surface area contributed by atoms with E-state index in [1.165, 1.54) is 0 Å². The van der Waals surface area contributed by atoms with Crippen LogP contribution in [0, 0.1) is 0 Å². The molecule has 0 N–H and O–H groups in total. The van der Waals surface area contributed by atoms with Gasteiger partial charge in [-0.2, -0.15) is 5.10 Å². The van der Waals surface area contributed by atoms with Crippen LogP contribution in [-0.2, 0) is 11.3 Å². The molecule has 4 rings (SSSR count). The summed E-state index contributed by atoms with van der Waals surface area (Å²) in [5, 5.41) is 4.15. The smallest absolute Gasteiger partial charge is 0.255 e. The normalized spacial score (nSPS) is 16.4. The highest BCUT2D eigenvalue weighted by molar-refractivity contribution is 5.94. The van der Waals surface area contributed by atoms with Crippen LogP contribution in [0.4, 0.5) is 0 Å². The Morgan fingerprint density at radius 3 is 2.81 bits per heavy atom. The number of aromatic nitrogens is 4. The van der Waals surface area contributed by atoms with Crippen molar-refractivity contribution in [3.05, 3.63) is 72.4 Å². The van der Waals surface area contributed by atoms with Crippen LogP contribution in [0.3, 0.4) is 0 Å². The molecule has 7 nitrogen and oxygen atoms in total. The summed E-state index contributed by atoms with van der Waals surface area (Å²) in [5.41, 5.74) is 1.39. The molecular weight excluding hydrogens is 342 g/mol. The highest BCUT2D eigenvalue weighted by Gasteiger charge is 2.24. The molecule has 3 aromatic rings. The number of ether oxygens (including phenoxy) is 1. The summed E-state index contributed by atoms with van der Waals surface area (Å²) in [7, 11) is 0. The summed E-state index contributed by atoms with van der Waals surface area (Å²) in [5.74, 6) is 0.600. The standard InChI is InChI=1S/C20H21N5O2/c26-20(16-7-8-19(22-13-16)25-11-4-10-23-25)24(15-18-6-3-12-27-18)14-17-5-1-2-9-21-17/h1-2,4-5,7-11,13,18H,3,6,12,14-15H2/t18-/m0/s1. The fraction of sp³-hybridized carbons (Fsp3) is 0.300. The zero-order valence-corrected chi connectivity index (χ0v) is 14.9. The summed E-state index contributed by atoms with van der Waals surface area (Å²) in [6.07, 6.45) is 8.93. The zero-order chi connectivity index (χ0) is 18.5. The average molecular weight is 363 g/mol. The first-order valence-electron chi connectivity index (χ1n) is 9.06. The van der Waals surface area contributed by atoms with Crippen molar-refractivity contribution in [3.63, 3.8) is 0 Å². The molecule has 138 valence electrons. The van der Waals surface area contributed by atoms with E-state index in [9.17, 15) is 4.79 Å². The van der Waals surface area contributed by atoms with Crippen molar-refractivity contribution in [2.75, 3.05) is 13.2 Å². The van der Waals surface area contributed by atoms with Crippen molar-refractivity contribution in [2.45, 2.75) is 25.5 Å². The van der Waals surface area contributed by atoms with Gasteiger partial charge in [0.1, 0.15) is 0 Å². The number of carbonyl (C=O) groups is 1. The van der Waals surface area contributed by atoms with Gasteiger partial charge in [-0.15, -0.1) is 0 Å². The van der Waals surface area contributed by atoms with Crippen LogP contribution < -0.4 is 0 Å². The lowest BCUT2D eigenvalue weighted by Crippen LogP contribution is -2.37. The highest BCUT2D eigenvalue weighted by Crippen LogP contribution is 2.17. The Labute approximate surface area is 157 Å². The number of hydrogen-bond acceptors (Lipinski definition) is 5. The summed E-state index contributed by atoms with van der Waals surface area (Å²) in [6.45, 7) is 1.76. The number of rotatable bonds is 6. The van der Waals surface area contributed by atoms with E-state index in [0.29, 0.717) is 24.5 Å². The monoisotopic (exact) mass is 363 g/mol. The zero-order valence-electron chi connectivity index (χ0n) is 14.9. The molecule has 0 radical (unpaired) electrons. The number of hydrogen-bond donors (Lipinski definition) is 0. The summed E-state index contributed by atoms with van der Waals surface area (Å²) in [6, 6.07) is 11.1. The third-order valence-corrected chi connectivity index (χ3v) is 4.55. The molecule has 0 bridgehead atoms. The van der Waals surface area contributed by atoms with Crippen molar-refractivity contribution in [3.8, 4) is 5.82 Å². The van der Waals surface area contributed by atoms with Gasteiger partial charge in [0.15, 0.2) is 5.82 Å². The number of carbonyl (C=O) groups excluding carboxylic acids is 1.